The Kier molecular flexibility index (Phi) is 10.9. The maximum Gasteiger partial charge on any atom is 0.0245 e. The van der Waals surface area contributed by atoms with E-state index in [-0.39, 0.29) is 0 Å². The average molecular weight is 429 g/mol. The van der Waals surface area contributed by atoms with Crippen LogP contribution in [-0.2, 0) is 6.42 Å². The molecule has 3 rings (SSSR count). The van der Waals surface area contributed by atoms with Crippen molar-refractivity contribution in [2.45, 2.75) is 104 Å². The first-order valence-corrected chi connectivity index (χ1v) is 13.5. The molecule has 0 saturated heterocycles. The number of aryl methyl sites for hydroxylation is 1. The van der Waals surface area contributed by atoms with Crippen molar-refractivity contribution >= 4 is 0 Å². The molecule has 2 aromatic carbocycles. The van der Waals surface area contributed by atoms with Crippen molar-refractivity contribution in [3.63, 3.8) is 0 Å². The molecule has 172 valence electrons. The van der Waals surface area contributed by atoms with Crippen molar-refractivity contribution in [3.05, 3.63) is 59.7 Å². The summed E-state index contributed by atoms with van der Waals surface area (Å²) in [4.78, 5) is 0. The van der Waals surface area contributed by atoms with E-state index >= 15 is 0 Å². The van der Waals surface area contributed by atoms with E-state index in [2.05, 4.69) is 74.2 Å². The monoisotopic (exact) mass is 428 g/mol. The minimum absolute atomic E-state index is 0.603. The van der Waals surface area contributed by atoms with Crippen LogP contribution >= 0.6 is 0 Å². The highest BCUT2D eigenvalue weighted by Crippen LogP contribution is 2.31. The molecule has 0 heterocycles. The summed E-state index contributed by atoms with van der Waals surface area (Å²) in [6, 6.07) is 18.0. The van der Waals surface area contributed by atoms with Crippen LogP contribution in [0.3, 0.4) is 0 Å². The molecule has 2 aromatic rings. The average Bonchev–Trinajstić information content (AvgIpc) is 2.84. The first kappa shape index (κ1) is 24.6. The van der Waals surface area contributed by atoms with Crippen LogP contribution in [0.15, 0.2) is 48.5 Å². The third-order valence-corrected chi connectivity index (χ3v) is 7.22. The Morgan fingerprint density at radius 3 is 1.91 bits per heavy atom. The maximum atomic E-state index is 3.57. The fraction of sp³-hybridized carbons (Fsp3) is 0.562. The molecule has 0 aliphatic heterocycles. The van der Waals surface area contributed by atoms with Crippen LogP contribution in [-0.4, -0.2) is 0 Å². The lowest BCUT2D eigenvalue weighted by Crippen LogP contribution is -2.13. The third-order valence-electron chi connectivity index (χ3n) is 7.22. The normalized spacial score (nSPS) is 18.2. The van der Waals surface area contributed by atoms with E-state index in [1.165, 1.54) is 107 Å². The molecule has 1 saturated carbocycles. The molecule has 1 fully saturated rings. The molecule has 0 nitrogen and oxygen atoms in total. The lowest BCUT2D eigenvalue weighted by molar-refractivity contribution is 0.294. The highest BCUT2D eigenvalue weighted by atomic mass is 14.2. The minimum Gasteiger partial charge on any atom is -0.0945 e. The molecule has 0 radical (unpaired) electrons. The van der Waals surface area contributed by atoms with Gasteiger partial charge in [-0.25, -0.2) is 0 Å². The van der Waals surface area contributed by atoms with Crippen LogP contribution in [0.4, 0.5) is 0 Å². The summed E-state index contributed by atoms with van der Waals surface area (Å²) in [5, 5.41) is 0. The molecule has 0 atom stereocenters. The summed E-state index contributed by atoms with van der Waals surface area (Å²) < 4.78 is 0. The summed E-state index contributed by atoms with van der Waals surface area (Å²) >= 11 is 0. The third kappa shape index (κ3) is 8.50. The van der Waals surface area contributed by atoms with Crippen molar-refractivity contribution in [1.82, 2.24) is 0 Å². The van der Waals surface area contributed by atoms with Gasteiger partial charge in [-0.05, 0) is 73.3 Å². The zero-order chi connectivity index (χ0) is 22.4. The van der Waals surface area contributed by atoms with Crippen LogP contribution in [0.2, 0.25) is 0 Å². The summed E-state index contributed by atoms with van der Waals surface area (Å²) in [5.41, 5.74) is 5.22. The van der Waals surface area contributed by atoms with E-state index < -0.39 is 0 Å². The van der Waals surface area contributed by atoms with Crippen molar-refractivity contribution in [2.75, 3.05) is 0 Å². The summed E-state index contributed by atoms with van der Waals surface area (Å²) in [6.07, 6.45) is 18.9. The second-order valence-corrected chi connectivity index (χ2v) is 9.92. The van der Waals surface area contributed by atoms with Crippen molar-refractivity contribution in [3.8, 4) is 23.0 Å². The fourth-order valence-corrected chi connectivity index (χ4v) is 5.01. The highest BCUT2D eigenvalue weighted by molar-refractivity contribution is 5.64. The van der Waals surface area contributed by atoms with Gasteiger partial charge in [0.2, 0.25) is 0 Å². The Hall–Kier alpha value is -2.00. The minimum atomic E-state index is 0.603. The van der Waals surface area contributed by atoms with Gasteiger partial charge >= 0.3 is 0 Å². The Balaban J connectivity index is 1.44. The van der Waals surface area contributed by atoms with E-state index in [4.69, 9.17) is 0 Å². The molecular weight excluding hydrogens is 384 g/mol. The predicted molar refractivity (Wildman–Crippen MR) is 141 cm³/mol. The Labute approximate surface area is 198 Å². The number of rotatable bonds is 11. The van der Waals surface area contributed by atoms with E-state index in [1.807, 2.05) is 0 Å². The molecule has 0 aromatic heterocycles. The van der Waals surface area contributed by atoms with Gasteiger partial charge < -0.3 is 0 Å². The van der Waals surface area contributed by atoms with Crippen molar-refractivity contribution < 1.29 is 0 Å². The fourth-order valence-electron chi connectivity index (χ4n) is 5.01. The van der Waals surface area contributed by atoms with Gasteiger partial charge in [0, 0.05) is 11.5 Å². The Bertz CT molecular complexity index is 807. The standard InChI is InChI=1S/C32H44/c1-3-5-7-8-10-12-28-19-23-31(24-20-28)32-25-21-30(22-26-32)18-17-29-15-13-27(14-16-29)11-9-6-4-2/h19-27,29H,3-16H2,1-2H3. The molecule has 0 bridgehead atoms. The van der Waals surface area contributed by atoms with E-state index in [9.17, 15) is 0 Å². The number of unbranched alkanes of at least 4 members (excludes halogenated alkanes) is 6. The van der Waals surface area contributed by atoms with Gasteiger partial charge in [0.25, 0.3) is 0 Å². The quantitative estimate of drug-likeness (QED) is 0.247. The van der Waals surface area contributed by atoms with Crippen LogP contribution in [0.25, 0.3) is 11.1 Å². The summed E-state index contributed by atoms with van der Waals surface area (Å²) in [7, 11) is 0. The van der Waals surface area contributed by atoms with Crippen LogP contribution in [0.5, 0.6) is 0 Å². The second kappa shape index (κ2) is 14.2. The molecule has 0 amide bonds. The van der Waals surface area contributed by atoms with E-state index in [0.29, 0.717) is 5.92 Å². The zero-order valence-corrected chi connectivity index (χ0v) is 20.7. The van der Waals surface area contributed by atoms with Crippen molar-refractivity contribution in [2.24, 2.45) is 11.8 Å². The molecule has 0 spiro atoms. The highest BCUT2D eigenvalue weighted by Gasteiger charge is 2.19. The van der Waals surface area contributed by atoms with Gasteiger partial charge in [0.15, 0.2) is 0 Å². The molecule has 1 aliphatic carbocycles. The first-order chi connectivity index (χ1) is 15.8. The largest absolute Gasteiger partial charge is 0.0945 e. The predicted octanol–water partition coefficient (Wildman–Crippen LogP) is 9.60. The van der Waals surface area contributed by atoms with Gasteiger partial charge in [0.1, 0.15) is 0 Å². The van der Waals surface area contributed by atoms with Crippen LogP contribution < -0.4 is 0 Å². The van der Waals surface area contributed by atoms with Gasteiger partial charge in [-0.3, -0.25) is 0 Å². The molecule has 0 unspecified atom stereocenters. The maximum absolute atomic E-state index is 3.57. The number of hydrogen-bond acceptors (Lipinski definition) is 0. The van der Waals surface area contributed by atoms with Crippen molar-refractivity contribution in [1.29, 1.82) is 0 Å². The first-order valence-electron chi connectivity index (χ1n) is 13.5. The summed E-state index contributed by atoms with van der Waals surface area (Å²) in [5.74, 6) is 8.60. The topological polar surface area (TPSA) is 0 Å². The SMILES string of the molecule is CCCCCCCc1ccc(-c2ccc(C#CC3CCC(CCCCC)CC3)cc2)cc1. The van der Waals surface area contributed by atoms with E-state index in [0.717, 1.165) is 11.5 Å². The smallest absolute Gasteiger partial charge is 0.0245 e. The van der Waals surface area contributed by atoms with E-state index in [1.54, 1.807) is 0 Å². The summed E-state index contributed by atoms with van der Waals surface area (Å²) in [6.45, 7) is 4.57. The zero-order valence-electron chi connectivity index (χ0n) is 20.7. The van der Waals surface area contributed by atoms with Gasteiger partial charge in [-0.1, -0.05) is 113 Å². The van der Waals surface area contributed by atoms with Crippen LogP contribution in [0, 0.1) is 23.7 Å². The Morgan fingerprint density at radius 1 is 0.656 bits per heavy atom. The molecule has 0 N–H and O–H groups in total. The van der Waals surface area contributed by atoms with Gasteiger partial charge in [0.05, 0.1) is 0 Å². The number of hydrogen-bond donors (Lipinski definition) is 0. The lowest BCUT2D eigenvalue weighted by Gasteiger charge is -2.25. The second-order valence-electron chi connectivity index (χ2n) is 9.92. The lowest BCUT2D eigenvalue weighted by atomic mass is 9.80. The molecule has 1 aliphatic rings. The Morgan fingerprint density at radius 2 is 1.25 bits per heavy atom. The molecule has 0 heteroatoms. The van der Waals surface area contributed by atoms with Crippen LogP contribution in [0.1, 0.15) is 108 Å². The van der Waals surface area contributed by atoms with Gasteiger partial charge in [-0.2, -0.15) is 0 Å². The molecule has 32 heavy (non-hydrogen) atoms. The molecular formula is C32H44. The number of benzene rings is 2. The van der Waals surface area contributed by atoms with Gasteiger partial charge in [-0.15, -0.1) is 0 Å².